The molecule has 0 aliphatic rings. The molecule has 0 spiro atoms. The van der Waals surface area contributed by atoms with Crippen molar-refractivity contribution in [1.82, 2.24) is 9.78 Å². The minimum atomic E-state index is -4.35. The standard InChI is InChI=1S/C28H23Cl2F3N2O3/c29-22-13-20(14-23(30)15-22)19-8-9-24-21(12-19)16-34-35(24)25(10-11-28(31,32)33)17-4-6-18(7-5-17)26(36)2-1-3-27(37)38/h4-9,12-16,25H,1-3,10-11H2,(H,37,38). The molecule has 1 aromatic heterocycles. The van der Waals surface area contributed by atoms with Crippen LogP contribution in [0.4, 0.5) is 13.2 Å². The molecule has 4 aromatic rings. The minimum Gasteiger partial charge on any atom is -0.481 e. The number of rotatable bonds is 10. The van der Waals surface area contributed by atoms with Crippen LogP contribution in [0.1, 0.15) is 54.1 Å². The highest BCUT2D eigenvalue weighted by Gasteiger charge is 2.30. The molecule has 38 heavy (non-hydrogen) atoms. The van der Waals surface area contributed by atoms with Crippen molar-refractivity contribution in [2.24, 2.45) is 0 Å². The summed E-state index contributed by atoms with van der Waals surface area (Å²) in [6, 6.07) is 16.3. The number of fused-ring (bicyclic) bond motifs is 1. The lowest BCUT2D eigenvalue weighted by atomic mass is 9.98. The number of carbonyl (C=O) groups excluding carboxylic acids is 1. The Balaban J connectivity index is 1.64. The summed E-state index contributed by atoms with van der Waals surface area (Å²) in [6.45, 7) is 0. The zero-order chi connectivity index (χ0) is 27.4. The van der Waals surface area contributed by atoms with Gasteiger partial charge in [-0.25, -0.2) is 0 Å². The van der Waals surface area contributed by atoms with Crippen LogP contribution in [-0.4, -0.2) is 32.8 Å². The summed E-state index contributed by atoms with van der Waals surface area (Å²) in [4.78, 5) is 23.1. The van der Waals surface area contributed by atoms with E-state index >= 15 is 0 Å². The van der Waals surface area contributed by atoms with Gasteiger partial charge in [0, 0.05) is 40.3 Å². The molecule has 0 saturated carbocycles. The quantitative estimate of drug-likeness (QED) is 0.197. The van der Waals surface area contributed by atoms with E-state index in [2.05, 4.69) is 5.10 Å². The summed E-state index contributed by atoms with van der Waals surface area (Å²) in [5, 5.41) is 14.9. The van der Waals surface area contributed by atoms with Gasteiger partial charge >= 0.3 is 12.1 Å². The highest BCUT2D eigenvalue weighted by atomic mass is 35.5. The predicted molar refractivity (Wildman–Crippen MR) is 141 cm³/mol. The molecular formula is C28H23Cl2F3N2O3. The van der Waals surface area contributed by atoms with Gasteiger partial charge in [0.05, 0.1) is 17.8 Å². The van der Waals surface area contributed by atoms with Crippen LogP contribution >= 0.6 is 23.2 Å². The Kier molecular flexibility index (Phi) is 8.43. The Bertz CT molecular complexity index is 1450. The Morgan fingerprint density at radius 2 is 1.61 bits per heavy atom. The zero-order valence-electron chi connectivity index (χ0n) is 20.0. The average Bonchev–Trinajstić information content (AvgIpc) is 3.26. The van der Waals surface area contributed by atoms with Crippen molar-refractivity contribution in [3.05, 3.63) is 88.0 Å². The van der Waals surface area contributed by atoms with E-state index in [1.807, 2.05) is 12.1 Å². The van der Waals surface area contributed by atoms with Gasteiger partial charge in [-0.05, 0) is 59.9 Å². The second-order valence-corrected chi connectivity index (χ2v) is 9.86. The number of nitrogens with zero attached hydrogens (tertiary/aromatic N) is 2. The summed E-state index contributed by atoms with van der Waals surface area (Å²) in [7, 11) is 0. The van der Waals surface area contributed by atoms with Crippen LogP contribution in [-0.2, 0) is 4.79 Å². The van der Waals surface area contributed by atoms with Gasteiger partial charge in [0.2, 0.25) is 0 Å². The fraction of sp³-hybridized carbons (Fsp3) is 0.250. The Morgan fingerprint density at radius 3 is 2.24 bits per heavy atom. The number of benzene rings is 3. The van der Waals surface area contributed by atoms with E-state index in [1.54, 1.807) is 59.4 Å². The summed E-state index contributed by atoms with van der Waals surface area (Å²) in [6.07, 6.45) is -3.81. The summed E-state index contributed by atoms with van der Waals surface area (Å²) >= 11 is 12.3. The van der Waals surface area contributed by atoms with Crippen molar-refractivity contribution < 1.29 is 27.9 Å². The lowest BCUT2D eigenvalue weighted by Gasteiger charge is -2.20. The Labute approximate surface area is 226 Å². The number of ketones is 1. The number of halogens is 5. The van der Waals surface area contributed by atoms with E-state index in [1.165, 1.54) is 0 Å². The van der Waals surface area contributed by atoms with Crippen molar-refractivity contribution in [2.75, 3.05) is 0 Å². The van der Waals surface area contributed by atoms with E-state index in [0.717, 1.165) is 16.5 Å². The largest absolute Gasteiger partial charge is 0.481 e. The third-order valence-corrected chi connectivity index (χ3v) is 6.64. The molecule has 4 rings (SSSR count). The SMILES string of the molecule is O=C(O)CCCC(=O)c1ccc(C(CCC(F)(F)F)n2ncc3cc(-c4cc(Cl)cc(Cl)c4)ccc32)cc1. The maximum Gasteiger partial charge on any atom is 0.389 e. The molecule has 3 aromatic carbocycles. The third kappa shape index (κ3) is 6.94. The first-order valence-corrected chi connectivity index (χ1v) is 12.6. The van der Waals surface area contributed by atoms with Crippen LogP contribution in [0, 0.1) is 0 Å². The van der Waals surface area contributed by atoms with Gasteiger partial charge in [-0.15, -0.1) is 0 Å². The normalized spacial score (nSPS) is 12.6. The van der Waals surface area contributed by atoms with E-state index in [4.69, 9.17) is 28.3 Å². The topological polar surface area (TPSA) is 72.2 Å². The number of alkyl halides is 3. The summed E-state index contributed by atoms with van der Waals surface area (Å²) in [5.74, 6) is -1.20. The van der Waals surface area contributed by atoms with Gasteiger partial charge in [0.1, 0.15) is 0 Å². The van der Waals surface area contributed by atoms with Crippen molar-refractivity contribution >= 4 is 45.9 Å². The number of carboxylic acid groups (broad SMARTS) is 1. The third-order valence-electron chi connectivity index (χ3n) is 6.20. The van der Waals surface area contributed by atoms with Gasteiger partial charge < -0.3 is 5.11 Å². The number of hydrogen-bond donors (Lipinski definition) is 1. The van der Waals surface area contributed by atoms with Gasteiger partial charge in [-0.3, -0.25) is 14.3 Å². The van der Waals surface area contributed by atoms with Gasteiger partial charge in [0.25, 0.3) is 0 Å². The number of hydrogen-bond acceptors (Lipinski definition) is 3. The molecule has 0 fully saturated rings. The number of carbonyl (C=O) groups is 2. The van der Waals surface area contributed by atoms with Crippen LogP contribution in [0.3, 0.4) is 0 Å². The second kappa shape index (κ2) is 11.6. The first-order chi connectivity index (χ1) is 18.0. The van der Waals surface area contributed by atoms with Crippen LogP contribution in [0.5, 0.6) is 0 Å². The monoisotopic (exact) mass is 562 g/mol. The predicted octanol–water partition coefficient (Wildman–Crippen LogP) is 8.38. The molecule has 0 radical (unpaired) electrons. The highest BCUT2D eigenvalue weighted by molar-refractivity contribution is 6.35. The lowest BCUT2D eigenvalue weighted by Crippen LogP contribution is -2.17. The van der Waals surface area contributed by atoms with E-state index in [-0.39, 0.29) is 31.5 Å². The maximum absolute atomic E-state index is 13.2. The summed E-state index contributed by atoms with van der Waals surface area (Å²) in [5.41, 5.74) is 3.24. The first kappa shape index (κ1) is 27.7. The van der Waals surface area contributed by atoms with Crippen molar-refractivity contribution in [1.29, 1.82) is 0 Å². The van der Waals surface area contributed by atoms with Crippen molar-refractivity contribution in [3.63, 3.8) is 0 Å². The van der Waals surface area contributed by atoms with Crippen molar-refractivity contribution in [3.8, 4) is 11.1 Å². The molecule has 10 heteroatoms. The highest BCUT2D eigenvalue weighted by Crippen LogP contribution is 2.34. The Hall–Kier alpha value is -3.36. The molecule has 0 aliphatic heterocycles. The van der Waals surface area contributed by atoms with Crippen LogP contribution in [0.25, 0.3) is 22.0 Å². The number of carboxylic acids is 1. The van der Waals surface area contributed by atoms with E-state index in [9.17, 15) is 22.8 Å². The van der Waals surface area contributed by atoms with E-state index in [0.29, 0.717) is 26.7 Å². The van der Waals surface area contributed by atoms with Crippen LogP contribution in [0.2, 0.25) is 10.0 Å². The first-order valence-electron chi connectivity index (χ1n) is 11.9. The Morgan fingerprint density at radius 1 is 0.921 bits per heavy atom. The fourth-order valence-electron chi connectivity index (χ4n) is 4.37. The van der Waals surface area contributed by atoms with Gasteiger partial charge in [-0.2, -0.15) is 18.3 Å². The minimum absolute atomic E-state index is 0.0765. The fourth-order valence-corrected chi connectivity index (χ4v) is 4.89. The number of aromatic nitrogens is 2. The van der Waals surface area contributed by atoms with E-state index < -0.39 is 24.6 Å². The van der Waals surface area contributed by atoms with Crippen LogP contribution in [0.15, 0.2) is 66.9 Å². The van der Waals surface area contributed by atoms with Crippen molar-refractivity contribution in [2.45, 2.75) is 44.3 Å². The zero-order valence-corrected chi connectivity index (χ0v) is 21.5. The molecule has 0 aliphatic carbocycles. The molecule has 198 valence electrons. The number of aliphatic carboxylic acids is 1. The molecule has 1 atom stereocenters. The molecular weight excluding hydrogens is 540 g/mol. The molecule has 5 nitrogen and oxygen atoms in total. The summed E-state index contributed by atoms with van der Waals surface area (Å²) < 4.78 is 41.2. The molecule has 1 heterocycles. The molecule has 0 saturated heterocycles. The molecule has 1 N–H and O–H groups in total. The lowest BCUT2D eigenvalue weighted by molar-refractivity contribution is -0.137. The average molecular weight is 563 g/mol. The van der Waals surface area contributed by atoms with Gasteiger partial charge in [-0.1, -0.05) is 53.5 Å². The number of Topliss-reactive ketones (excluding diaryl/α,β-unsaturated/α-hetero) is 1. The second-order valence-electron chi connectivity index (χ2n) is 8.98. The molecule has 1 unspecified atom stereocenters. The molecule has 0 bridgehead atoms. The molecule has 0 amide bonds. The van der Waals surface area contributed by atoms with Gasteiger partial charge in [0.15, 0.2) is 5.78 Å². The smallest absolute Gasteiger partial charge is 0.389 e. The maximum atomic E-state index is 13.2. The van der Waals surface area contributed by atoms with Crippen LogP contribution < -0.4 is 0 Å².